The van der Waals surface area contributed by atoms with Crippen molar-refractivity contribution >= 4 is 11.9 Å². The SMILES string of the molecule is CCCCCCC(C)NC(=O)CC(C)(C)C(=O)O. The summed E-state index contributed by atoms with van der Waals surface area (Å²) in [5.74, 6) is -1.11. The number of carboxylic acid groups (broad SMARTS) is 1. The summed E-state index contributed by atoms with van der Waals surface area (Å²) in [7, 11) is 0. The number of nitrogens with one attached hydrogen (secondary N) is 1. The van der Waals surface area contributed by atoms with Crippen LogP contribution in [0.15, 0.2) is 0 Å². The number of carboxylic acids is 1. The predicted octanol–water partition coefficient (Wildman–Crippen LogP) is 2.96. The highest BCUT2D eigenvalue weighted by molar-refractivity contribution is 5.84. The maximum atomic E-state index is 11.7. The van der Waals surface area contributed by atoms with Crippen LogP contribution in [0.3, 0.4) is 0 Å². The number of hydrogen-bond acceptors (Lipinski definition) is 2. The summed E-state index contributed by atoms with van der Waals surface area (Å²) >= 11 is 0. The van der Waals surface area contributed by atoms with Crippen LogP contribution in [-0.2, 0) is 9.59 Å². The fourth-order valence-electron chi connectivity index (χ4n) is 1.75. The third-order valence-electron chi connectivity index (χ3n) is 3.08. The maximum Gasteiger partial charge on any atom is 0.309 e. The minimum atomic E-state index is -0.994. The van der Waals surface area contributed by atoms with Crippen LogP contribution < -0.4 is 5.32 Å². The number of hydrogen-bond donors (Lipinski definition) is 2. The lowest BCUT2D eigenvalue weighted by molar-refractivity contribution is -0.149. The van der Waals surface area contributed by atoms with Crippen molar-refractivity contribution in [3.05, 3.63) is 0 Å². The summed E-state index contributed by atoms with van der Waals surface area (Å²) in [6.07, 6.45) is 5.72. The van der Waals surface area contributed by atoms with Gasteiger partial charge in [0.15, 0.2) is 0 Å². The summed E-state index contributed by atoms with van der Waals surface area (Å²) < 4.78 is 0. The zero-order valence-electron chi connectivity index (χ0n) is 12.1. The fourth-order valence-corrected chi connectivity index (χ4v) is 1.75. The van der Waals surface area contributed by atoms with E-state index >= 15 is 0 Å². The molecule has 0 saturated heterocycles. The molecule has 0 heterocycles. The molecule has 1 atom stereocenters. The van der Waals surface area contributed by atoms with Gasteiger partial charge >= 0.3 is 5.97 Å². The largest absolute Gasteiger partial charge is 0.481 e. The number of rotatable bonds is 9. The summed E-state index contributed by atoms with van der Waals surface area (Å²) in [5, 5.41) is 11.8. The van der Waals surface area contributed by atoms with Gasteiger partial charge in [-0.05, 0) is 27.2 Å². The Hall–Kier alpha value is -1.06. The molecular formula is C14H27NO3. The topological polar surface area (TPSA) is 66.4 Å². The molecule has 0 aliphatic heterocycles. The molecule has 0 aromatic heterocycles. The molecule has 0 fully saturated rings. The third kappa shape index (κ3) is 7.30. The molecule has 0 aliphatic rings. The van der Waals surface area contributed by atoms with E-state index < -0.39 is 11.4 Å². The van der Waals surface area contributed by atoms with Crippen LogP contribution in [0.1, 0.15) is 66.2 Å². The molecule has 4 nitrogen and oxygen atoms in total. The Labute approximate surface area is 110 Å². The first kappa shape index (κ1) is 16.9. The smallest absolute Gasteiger partial charge is 0.309 e. The second-order valence-corrected chi connectivity index (χ2v) is 5.68. The molecule has 4 heteroatoms. The van der Waals surface area contributed by atoms with Crippen LogP contribution in [0, 0.1) is 5.41 Å². The van der Waals surface area contributed by atoms with Crippen LogP contribution in [0.5, 0.6) is 0 Å². The first-order chi connectivity index (χ1) is 8.29. The summed E-state index contributed by atoms with van der Waals surface area (Å²) in [6.45, 7) is 7.28. The van der Waals surface area contributed by atoms with Crippen molar-refractivity contribution in [2.24, 2.45) is 5.41 Å². The van der Waals surface area contributed by atoms with Crippen molar-refractivity contribution in [2.75, 3.05) is 0 Å². The lowest BCUT2D eigenvalue weighted by atomic mass is 9.89. The third-order valence-corrected chi connectivity index (χ3v) is 3.08. The Morgan fingerprint density at radius 3 is 2.33 bits per heavy atom. The second kappa shape index (κ2) is 8.11. The normalized spacial score (nSPS) is 13.1. The molecule has 0 rings (SSSR count). The van der Waals surface area contributed by atoms with Crippen molar-refractivity contribution in [2.45, 2.75) is 72.3 Å². The molecule has 0 radical (unpaired) electrons. The number of unbranched alkanes of at least 4 members (excludes halogenated alkanes) is 3. The number of aliphatic carboxylic acids is 1. The lowest BCUT2D eigenvalue weighted by Gasteiger charge is -2.20. The molecule has 1 amide bonds. The highest BCUT2D eigenvalue weighted by atomic mass is 16.4. The van der Waals surface area contributed by atoms with Gasteiger partial charge in [0.25, 0.3) is 0 Å². The first-order valence-corrected chi connectivity index (χ1v) is 6.82. The Balaban J connectivity index is 3.90. The molecule has 0 saturated carbocycles. The Morgan fingerprint density at radius 1 is 1.22 bits per heavy atom. The maximum absolute atomic E-state index is 11.7. The molecular weight excluding hydrogens is 230 g/mol. The highest BCUT2D eigenvalue weighted by Crippen LogP contribution is 2.20. The van der Waals surface area contributed by atoms with Gasteiger partial charge in [-0.2, -0.15) is 0 Å². The van der Waals surface area contributed by atoms with Gasteiger partial charge in [-0.3, -0.25) is 9.59 Å². The van der Waals surface area contributed by atoms with Gasteiger partial charge in [0, 0.05) is 12.5 Å². The Bertz CT molecular complexity index is 274. The number of amides is 1. The van der Waals surface area contributed by atoms with Crippen molar-refractivity contribution < 1.29 is 14.7 Å². The first-order valence-electron chi connectivity index (χ1n) is 6.82. The zero-order valence-corrected chi connectivity index (χ0v) is 12.1. The van der Waals surface area contributed by atoms with E-state index in [4.69, 9.17) is 5.11 Å². The van der Waals surface area contributed by atoms with E-state index in [2.05, 4.69) is 12.2 Å². The summed E-state index contributed by atoms with van der Waals surface area (Å²) in [4.78, 5) is 22.6. The van der Waals surface area contributed by atoms with E-state index in [1.54, 1.807) is 13.8 Å². The zero-order chi connectivity index (χ0) is 14.2. The minimum absolute atomic E-state index is 0.0294. The quantitative estimate of drug-likeness (QED) is 0.624. The van der Waals surface area contributed by atoms with Crippen LogP contribution in [0.4, 0.5) is 0 Å². The van der Waals surface area contributed by atoms with Crippen LogP contribution in [0.25, 0.3) is 0 Å². The van der Waals surface area contributed by atoms with Crippen molar-refractivity contribution in [3.63, 3.8) is 0 Å². The van der Waals surface area contributed by atoms with Crippen LogP contribution >= 0.6 is 0 Å². The molecule has 106 valence electrons. The average Bonchev–Trinajstić information content (AvgIpc) is 2.23. The van der Waals surface area contributed by atoms with E-state index in [0.717, 1.165) is 12.8 Å². The van der Waals surface area contributed by atoms with Gasteiger partial charge < -0.3 is 10.4 Å². The highest BCUT2D eigenvalue weighted by Gasteiger charge is 2.30. The van der Waals surface area contributed by atoms with Crippen LogP contribution in [0.2, 0.25) is 0 Å². The summed E-state index contributed by atoms with van der Waals surface area (Å²) in [5.41, 5.74) is -0.994. The molecule has 0 aromatic rings. The molecule has 18 heavy (non-hydrogen) atoms. The van der Waals surface area contributed by atoms with Crippen molar-refractivity contribution in [3.8, 4) is 0 Å². The number of carbonyl (C=O) groups is 2. The van der Waals surface area contributed by atoms with E-state index in [1.165, 1.54) is 19.3 Å². The van der Waals surface area contributed by atoms with E-state index in [-0.39, 0.29) is 18.4 Å². The Morgan fingerprint density at radius 2 is 1.83 bits per heavy atom. The average molecular weight is 257 g/mol. The lowest BCUT2D eigenvalue weighted by Crippen LogP contribution is -2.37. The summed E-state index contributed by atoms with van der Waals surface area (Å²) in [6, 6.07) is 0.124. The van der Waals surface area contributed by atoms with Gasteiger partial charge in [0.1, 0.15) is 0 Å². The molecule has 0 aliphatic carbocycles. The molecule has 0 spiro atoms. The van der Waals surface area contributed by atoms with E-state index in [9.17, 15) is 9.59 Å². The molecule has 0 bridgehead atoms. The monoisotopic (exact) mass is 257 g/mol. The van der Waals surface area contributed by atoms with Crippen molar-refractivity contribution in [1.29, 1.82) is 0 Å². The standard InChI is InChI=1S/C14H27NO3/c1-5-6-7-8-9-11(2)15-12(16)10-14(3,4)13(17)18/h11H,5-10H2,1-4H3,(H,15,16)(H,17,18). The molecule has 1 unspecified atom stereocenters. The molecule has 2 N–H and O–H groups in total. The minimum Gasteiger partial charge on any atom is -0.481 e. The molecule has 0 aromatic carbocycles. The van der Waals surface area contributed by atoms with Gasteiger partial charge in [0.2, 0.25) is 5.91 Å². The van der Waals surface area contributed by atoms with E-state index in [0.29, 0.717) is 0 Å². The predicted molar refractivity (Wildman–Crippen MR) is 72.4 cm³/mol. The van der Waals surface area contributed by atoms with E-state index in [1.807, 2.05) is 6.92 Å². The number of carbonyl (C=O) groups excluding carboxylic acids is 1. The van der Waals surface area contributed by atoms with Gasteiger partial charge in [-0.1, -0.05) is 32.6 Å². The fraction of sp³-hybridized carbons (Fsp3) is 0.857. The van der Waals surface area contributed by atoms with Gasteiger partial charge in [0.05, 0.1) is 5.41 Å². The second-order valence-electron chi connectivity index (χ2n) is 5.68. The van der Waals surface area contributed by atoms with Gasteiger partial charge in [-0.25, -0.2) is 0 Å². The van der Waals surface area contributed by atoms with Crippen LogP contribution in [-0.4, -0.2) is 23.0 Å². The Kier molecular flexibility index (Phi) is 7.64. The van der Waals surface area contributed by atoms with Crippen molar-refractivity contribution in [1.82, 2.24) is 5.32 Å². The van der Waals surface area contributed by atoms with Gasteiger partial charge in [-0.15, -0.1) is 0 Å².